The number of carbonyl (C=O) groups excluding carboxylic acids is 1. The molecule has 14 heteroatoms. The molecule has 1 N–H and O–H groups in total. The summed E-state index contributed by atoms with van der Waals surface area (Å²) in [7, 11) is 0. The monoisotopic (exact) mass is 623 g/mol. The summed E-state index contributed by atoms with van der Waals surface area (Å²) in [6.07, 6.45) is -0.964. The van der Waals surface area contributed by atoms with Gasteiger partial charge in [-0.15, -0.1) is 18.3 Å². The van der Waals surface area contributed by atoms with Crippen LogP contribution in [0.15, 0.2) is 83.2 Å². The van der Waals surface area contributed by atoms with Gasteiger partial charge in [-0.3, -0.25) is 15.1 Å². The van der Waals surface area contributed by atoms with Gasteiger partial charge in [0.25, 0.3) is 0 Å². The number of nitrogens with one attached hydrogen (secondary N) is 1. The average Bonchev–Trinajstić information content (AvgIpc) is 3.60. The minimum absolute atomic E-state index is 0.0561. The van der Waals surface area contributed by atoms with Gasteiger partial charge in [-0.05, 0) is 72.6 Å². The van der Waals surface area contributed by atoms with E-state index >= 15 is 0 Å². The highest BCUT2D eigenvalue weighted by Crippen LogP contribution is 2.33. The Morgan fingerprint density at radius 3 is 2.67 bits per heavy atom. The molecule has 0 unspecified atom stereocenters. The second-order valence-corrected chi connectivity index (χ2v) is 10.5. The van der Waals surface area contributed by atoms with Crippen LogP contribution in [0.4, 0.5) is 18.9 Å². The highest BCUT2D eigenvalue weighted by atomic mass is 32.2. The number of hydrazone groups is 1. The summed E-state index contributed by atoms with van der Waals surface area (Å²) in [6.45, 7) is 4.00. The van der Waals surface area contributed by atoms with Crippen LogP contribution in [0.2, 0.25) is 0 Å². The maximum absolute atomic E-state index is 12.8. The average molecular weight is 624 g/mol. The van der Waals surface area contributed by atoms with Crippen LogP contribution < -0.4 is 15.1 Å². The fourth-order valence-corrected chi connectivity index (χ4v) is 5.40. The summed E-state index contributed by atoms with van der Waals surface area (Å²) >= 11 is 6.70. The fourth-order valence-electron chi connectivity index (χ4n) is 4.34. The number of hydrogen-bond acceptors (Lipinski definition) is 7. The number of aliphatic imine (C=N–C) groups is 1. The van der Waals surface area contributed by atoms with E-state index in [0.717, 1.165) is 28.8 Å². The maximum Gasteiger partial charge on any atom is 0.573 e. The highest BCUT2D eigenvalue weighted by Gasteiger charge is 2.32. The van der Waals surface area contributed by atoms with E-state index in [9.17, 15) is 18.0 Å². The fraction of sp³-hybridized carbons (Fsp3) is 0.172. The number of aryl methyl sites for hydroxylation is 2. The molecule has 1 saturated heterocycles. The Bertz CT molecular complexity index is 1720. The molecule has 1 amide bonds. The first-order valence-electron chi connectivity index (χ1n) is 13.0. The molecule has 9 nitrogen and oxygen atoms in total. The predicted molar refractivity (Wildman–Crippen MR) is 165 cm³/mol. The molecule has 0 spiro atoms. The van der Waals surface area contributed by atoms with E-state index in [0.29, 0.717) is 22.2 Å². The van der Waals surface area contributed by atoms with Crippen LogP contribution in [0.25, 0.3) is 17.1 Å². The topological polar surface area (TPSA) is 97.0 Å². The van der Waals surface area contributed by atoms with Crippen molar-refractivity contribution in [2.24, 2.45) is 10.1 Å². The normalized spacial score (nSPS) is 14.6. The number of nitrogens with zero attached hydrogens (tertiary/aromatic N) is 6. The Morgan fingerprint density at radius 2 is 1.93 bits per heavy atom. The molecule has 0 bridgehead atoms. The lowest BCUT2D eigenvalue weighted by molar-refractivity contribution is -0.274. The SMILES string of the molecule is CCc1cccc(C)c1N1C(=O)CSC1=NC(=S)N/N=C/c1cccc(-c2ncn(-c3ccc(OC(F)(F)F)cc3)n2)c1. The second-order valence-electron chi connectivity index (χ2n) is 9.20. The quantitative estimate of drug-likeness (QED) is 0.152. The third-order valence-electron chi connectivity index (χ3n) is 6.23. The van der Waals surface area contributed by atoms with Gasteiger partial charge >= 0.3 is 6.36 Å². The number of alkyl halides is 3. The van der Waals surface area contributed by atoms with Crippen LogP contribution in [0.5, 0.6) is 5.75 Å². The number of thioether (sulfide) groups is 1. The van der Waals surface area contributed by atoms with E-state index in [1.54, 1.807) is 11.1 Å². The second kappa shape index (κ2) is 12.8. The van der Waals surface area contributed by atoms with Crippen LogP contribution in [-0.2, 0) is 11.2 Å². The van der Waals surface area contributed by atoms with E-state index in [1.165, 1.54) is 47.0 Å². The van der Waals surface area contributed by atoms with E-state index in [-0.39, 0.29) is 22.5 Å². The number of anilines is 1. The standard InChI is InChI=1S/C29H24F3N7O2S2/c1-3-20-8-4-6-18(2)25(20)39-24(40)16-43-28(39)35-27(42)36-34-15-19-7-5-9-21(14-19)26-33-17-38(37-26)22-10-12-23(13-11-22)41-29(30,31)32/h4-15,17H,3,16H2,1-2H3,(H,36,42)/b34-15+,35-28?. The van der Waals surface area contributed by atoms with Gasteiger partial charge in [-0.1, -0.05) is 55.1 Å². The third-order valence-corrected chi connectivity index (χ3v) is 7.34. The van der Waals surface area contributed by atoms with Crippen molar-refractivity contribution in [2.45, 2.75) is 26.6 Å². The lowest BCUT2D eigenvalue weighted by Gasteiger charge is -2.21. The zero-order valence-electron chi connectivity index (χ0n) is 22.9. The molecule has 220 valence electrons. The van der Waals surface area contributed by atoms with Gasteiger partial charge in [0.2, 0.25) is 11.0 Å². The smallest absolute Gasteiger partial charge is 0.406 e. The predicted octanol–water partition coefficient (Wildman–Crippen LogP) is 6.05. The summed E-state index contributed by atoms with van der Waals surface area (Å²) in [5.41, 5.74) is 7.54. The number of aromatic nitrogens is 3. The van der Waals surface area contributed by atoms with Crippen LogP contribution >= 0.6 is 24.0 Å². The molecule has 0 radical (unpaired) electrons. The number of amidine groups is 1. The van der Waals surface area contributed by atoms with Crippen molar-refractivity contribution in [2.75, 3.05) is 10.7 Å². The molecule has 4 aromatic rings. The van der Waals surface area contributed by atoms with Crippen LogP contribution in [0, 0.1) is 6.92 Å². The number of hydrogen-bond donors (Lipinski definition) is 1. The van der Waals surface area contributed by atoms with Gasteiger partial charge in [-0.2, -0.15) is 10.1 Å². The van der Waals surface area contributed by atoms with E-state index in [2.05, 4.69) is 30.3 Å². The molecular weight excluding hydrogens is 599 g/mol. The number of benzene rings is 3. The van der Waals surface area contributed by atoms with E-state index in [1.807, 2.05) is 56.3 Å². The summed E-state index contributed by atoms with van der Waals surface area (Å²) in [6, 6.07) is 18.5. The van der Waals surface area contributed by atoms with Crippen LogP contribution in [0.1, 0.15) is 23.6 Å². The molecule has 3 aromatic carbocycles. The highest BCUT2D eigenvalue weighted by molar-refractivity contribution is 8.15. The van der Waals surface area contributed by atoms with Crippen LogP contribution in [0.3, 0.4) is 0 Å². The molecule has 1 aromatic heterocycles. The lowest BCUT2D eigenvalue weighted by atomic mass is 10.0. The van der Waals surface area contributed by atoms with Gasteiger partial charge in [0.1, 0.15) is 12.1 Å². The lowest BCUT2D eigenvalue weighted by Crippen LogP contribution is -2.32. The van der Waals surface area contributed by atoms with E-state index in [4.69, 9.17) is 12.2 Å². The molecule has 43 heavy (non-hydrogen) atoms. The summed E-state index contributed by atoms with van der Waals surface area (Å²) in [4.78, 5) is 23.1. The van der Waals surface area contributed by atoms with Crippen molar-refractivity contribution in [3.05, 3.63) is 89.7 Å². The minimum Gasteiger partial charge on any atom is -0.406 e. The van der Waals surface area contributed by atoms with Crippen molar-refractivity contribution in [1.82, 2.24) is 20.2 Å². The molecule has 1 aliphatic rings. The molecule has 0 aliphatic carbocycles. The molecule has 2 heterocycles. The number of ether oxygens (including phenoxy) is 1. The summed E-state index contributed by atoms with van der Waals surface area (Å²) in [5.74, 6) is 0.301. The van der Waals surface area contributed by atoms with Gasteiger partial charge in [0, 0.05) is 5.56 Å². The first kappa shape index (κ1) is 29.9. The van der Waals surface area contributed by atoms with Crippen molar-refractivity contribution < 1.29 is 22.7 Å². The number of thiocarbonyl (C=S) groups is 1. The summed E-state index contributed by atoms with van der Waals surface area (Å²) in [5, 5.41) is 9.23. The molecule has 1 fully saturated rings. The van der Waals surface area contributed by atoms with Gasteiger partial charge in [0.15, 0.2) is 11.0 Å². The van der Waals surface area contributed by atoms with E-state index < -0.39 is 6.36 Å². The molecule has 0 atom stereocenters. The number of amides is 1. The molecule has 5 rings (SSSR count). The Hall–Kier alpha value is -4.56. The third kappa shape index (κ3) is 7.27. The van der Waals surface area contributed by atoms with Gasteiger partial charge in [-0.25, -0.2) is 9.67 Å². The number of para-hydroxylation sites is 1. The van der Waals surface area contributed by atoms with Crippen molar-refractivity contribution in [3.63, 3.8) is 0 Å². The zero-order valence-corrected chi connectivity index (χ0v) is 24.5. The Morgan fingerprint density at radius 1 is 1.16 bits per heavy atom. The molecule has 0 saturated carbocycles. The number of halogens is 3. The number of carbonyl (C=O) groups is 1. The van der Waals surface area contributed by atoms with Gasteiger partial charge in [0.05, 0.1) is 23.3 Å². The first-order chi connectivity index (χ1) is 20.6. The first-order valence-corrected chi connectivity index (χ1v) is 14.3. The number of rotatable bonds is 7. The van der Waals surface area contributed by atoms with Crippen molar-refractivity contribution >= 4 is 52.1 Å². The Labute approximate surface area is 254 Å². The minimum atomic E-state index is -4.76. The zero-order chi connectivity index (χ0) is 30.6. The molecule has 1 aliphatic heterocycles. The Balaban J connectivity index is 1.25. The van der Waals surface area contributed by atoms with Crippen molar-refractivity contribution in [1.29, 1.82) is 0 Å². The summed E-state index contributed by atoms with van der Waals surface area (Å²) < 4.78 is 42.6. The largest absolute Gasteiger partial charge is 0.573 e. The Kier molecular flexibility index (Phi) is 8.87. The van der Waals surface area contributed by atoms with Gasteiger partial charge < -0.3 is 4.74 Å². The maximum atomic E-state index is 12.8. The molecular formula is C29H24F3N7O2S2. The van der Waals surface area contributed by atoms with Crippen LogP contribution in [-0.4, -0.2) is 49.3 Å². The van der Waals surface area contributed by atoms with Crippen molar-refractivity contribution in [3.8, 4) is 22.8 Å².